The molecule has 0 radical (unpaired) electrons. The van der Waals surface area contributed by atoms with Crippen molar-refractivity contribution >= 4 is 15.9 Å². The number of benzene rings is 1. The Labute approximate surface area is 182 Å². The number of amides is 1. The maximum atomic E-state index is 13.2. The predicted octanol–water partition coefficient (Wildman–Crippen LogP) is 2.08. The highest BCUT2D eigenvalue weighted by Gasteiger charge is 2.35. The number of piperidine rings is 1. The zero-order valence-electron chi connectivity index (χ0n) is 17.8. The van der Waals surface area contributed by atoms with Gasteiger partial charge >= 0.3 is 0 Å². The van der Waals surface area contributed by atoms with E-state index in [1.165, 1.54) is 16.1 Å². The summed E-state index contributed by atoms with van der Waals surface area (Å²) in [4.78, 5) is 19.1. The predicted molar refractivity (Wildman–Crippen MR) is 114 cm³/mol. The van der Waals surface area contributed by atoms with Crippen molar-refractivity contribution in [3.63, 3.8) is 0 Å². The minimum Gasteiger partial charge on any atom is -0.493 e. The molecule has 0 unspecified atom stereocenters. The van der Waals surface area contributed by atoms with Crippen molar-refractivity contribution in [2.75, 3.05) is 33.9 Å². The highest BCUT2D eigenvalue weighted by molar-refractivity contribution is 7.89. The highest BCUT2D eigenvalue weighted by Crippen LogP contribution is 2.34. The summed E-state index contributed by atoms with van der Waals surface area (Å²) < 4.78 is 37.8. The van der Waals surface area contributed by atoms with Crippen LogP contribution in [0.4, 0.5) is 0 Å². The number of methoxy groups -OCH3 is 2. The first-order valence-electron chi connectivity index (χ1n) is 10.4. The Hall–Kier alpha value is -2.65. The lowest BCUT2D eigenvalue weighted by molar-refractivity contribution is -0.137. The van der Waals surface area contributed by atoms with Gasteiger partial charge in [-0.1, -0.05) is 0 Å². The average molecular weight is 446 g/mol. The van der Waals surface area contributed by atoms with Crippen LogP contribution < -0.4 is 9.47 Å². The van der Waals surface area contributed by atoms with Gasteiger partial charge in [0.2, 0.25) is 15.9 Å². The van der Waals surface area contributed by atoms with E-state index in [-0.39, 0.29) is 16.7 Å². The summed E-state index contributed by atoms with van der Waals surface area (Å²) in [5.41, 5.74) is 2.23. The van der Waals surface area contributed by atoms with Crippen LogP contribution in [0.25, 0.3) is 0 Å². The fraction of sp³-hybridized carbons (Fsp3) is 0.455. The SMILES string of the molecule is COc1cc2c(cc1OC)CN(C(=O)C1CCN(S(=O)(=O)c3cccnc3)CC1)CC2. The van der Waals surface area contributed by atoms with Crippen LogP contribution in [0.3, 0.4) is 0 Å². The van der Waals surface area contributed by atoms with Crippen molar-refractivity contribution in [1.29, 1.82) is 0 Å². The van der Waals surface area contributed by atoms with Gasteiger partial charge < -0.3 is 14.4 Å². The zero-order chi connectivity index (χ0) is 22.0. The lowest BCUT2D eigenvalue weighted by Gasteiger charge is -2.35. The van der Waals surface area contributed by atoms with Gasteiger partial charge in [0.05, 0.1) is 14.2 Å². The van der Waals surface area contributed by atoms with E-state index in [0.717, 1.165) is 12.0 Å². The van der Waals surface area contributed by atoms with E-state index >= 15 is 0 Å². The Morgan fingerprint density at radius 1 is 1.06 bits per heavy atom. The van der Waals surface area contributed by atoms with Crippen molar-refractivity contribution in [3.8, 4) is 11.5 Å². The molecule has 2 aliphatic heterocycles. The molecule has 1 saturated heterocycles. The topological polar surface area (TPSA) is 89.0 Å². The molecule has 0 atom stereocenters. The second-order valence-corrected chi connectivity index (χ2v) is 9.79. The Kier molecular flexibility index (Phi) is 6.15. The van der Waals surface area contributed by atoms with Gasteiger partial charge in [0.25, 0.3) is 0 Å². The molecule has 0 spiro atoms. The van der Waals surface area contributed by atoms with Crippen molar-refractivity contribution in [2.45, 2.75) is 30.7 Å². The fourth-order valence-electron chi connectivity index (χ4n) is 4.32. The number of ether oxygens (including phenoxy) is 2. The monoisotopic (exact) mass is 445 g/mol. The molecule has 2 aliphatic rings. The largest absolute Gasteiger partial charge is 0.493 e. The number of aromatic nitrogens is 1. The smallest absolute Gasteiger partial charge is 0.244 e. The van der Waals surface area contributed by atoms with Gasteiger partial charge in [-0.2, -0.15) is 4.31 Å². The van der Waals surface area contributed by atoms with Crippen molar-refractivity contribution < 1.29 is 22.7 Å². The number of sulfonamides is 1. The number of carbonyl (C=O) groups excluding carboxylic acids is 1. The van der Waals surface area contributed by atoms with Crippen LogP contribution >= 0.6 is 0 Å². The summed E-state index contributed by atoms with van der Waals surface area (Å²) in [6.45, 7) is 1.85. The third-order valence-corrected chi connectivity index (χ3v) is 7.99. The number of hydrogen-bond donors (Lipinski definition) is 0. The summed E-state index contributed by atoms with van der Waals surface area (Å²) in [6, 6.07) is 7.09. The van der Waals surface area contributed by atoms with Crippen LogP contribution in [0.1, 0.15) is 24.0 Å². The molecule has 0 saturated carbocycles. The summed E-state index contributed by atoms with van der Waals surface area (Å²) in [5, 5.41) is 0. The van der Waals surface area contributed by atoms with Crippen molar-refractivity contribution in [1.82, 2.24) is 14.2 Å². The van der Waals surface area contributed by atoms with Gasteiger partial charge in [0.1, 0.15) is 4.90 Å². The van der Waals surface area contributed by atoms with Crippen LogP contribution in [0, 0.1) is 5.92 Å². The lowest BCUT2D eigenvalue weighted by Crippen LogP contribution is -2.45. The molecule has 1 fully saturated rings. The van der Waals surface area contributed by atoms with Gasteiger partial charge in [-0.3, -0.25) is 9.78 Å². The molecule has 1 aromatic carbocycles. The van der Waals surface area contributed by atoms with Crippen LogP contribution in [-0.4, -0.2) is 62.4 Å². The molecule has 0 N–H and O–H groups in total. The van der Waals surface area contributed by atoms with Crippen molar-refractivity contribution in [2.24, 2.45) is 5.92 Å². The van der Waals surface area contributed by atoms with Crippen LogP contribution in [0.2, 0.25) is 0 Å². The molecule has 2 aromatic rings. The quantitative estimate of drug-likeness (QED) is 0.700. The molecule has 166 valence electrons. The van der Waals surface area contributed by atoms with Gasteiger partial charge in [0.15, 0.2) is 11.5 Å². The summed E-state index contributed by atoms with van der Waals surface area (Å²) in [6.07, 6.45) is 4.71. The molecule has 1 amide bonds. The second-order valence-electron chi connectivity index (χ2n) is 7.85. The highest BCUT2D eigenvalue weighted by atomic mass is 32.2. The van der Waals surface area contributed by atoms with E-state index in [4.69, 9.17) is 9.47 Å². The first-order valence-corrected chi connectivity index (χ1v) is 11.8. The Bertz CT molecular complexity index is 1050. The van der Waals surface area contributed by atoms with Gasteiger partial charge in [0, 0.05) is 44.5 Å². The minimum atomic E-state index is -3.57. The van der Waals surface area contributed by atoms with E-state index in [9.17, 15) is 13.2 Å². The van der Waals surface area contributed by atoms with Crippen LogP contribution in [-0.2, 0) is 27.8 Å². The van der Waals surface area contributed by atoms with Gasteiger partial charge in [-0.05, 0) is 54.7 Å². The average Bonchev–Trinajstić information content (AvgIpc) is 2.82. The molecule has 9 heteroatoms. The van der Waals surface area contributed by atoms with Crippen LogP contribution in [0.5, 0.6) is 11.5 Å². The molecule has 0 bridgehead atoms. The molecule has 3 heterocycles. The summed E-state index contributed by atoms with van der Waals surface area (Å²) in [5.74, 6) is 1.29. The normalized spacial score (nSPS) is 17.8. The third-order valence-electron chi connectivity index (χ3n) is 6.11. The molecule has 1 aromatic heterocycles. The van der Waals surface area contributed by atoms with Gasteiger partial charge in [-0.15, -0.1) is 0 Å². The number of carbonyl (C=O) groups is 1. The number of rotatable bonds is 5. The first kappa shape index (κ1) is 21.6. The van der Waals surface area contributed by atoms with E-state index < -0.39 is 10.0 Å². The standard InChI is InChI=1S/C22H27N3O5S/c1-29-20-12-17-5-9-24(15-18(17)13-21(20)30-2)22(26)16-6-10-25(11-7-16)31(27,28)19-4-3-8-23-14-19/h3-4,8,12-14,16H,5-7,9-11,15H2,1-2H3. The van der Waals surface area contributed by atoms with Gasteiger partial charge in [-0.25, -0.2) is 8.42 Å². The Balaban J connectivity index is 1.41. The Morgan fingerprint density at radius 3 is 2.35 bits per heavy atom. The molecular weight excluding hydrogens is 418 g/mol. The van der Waals surface area contributed by atoms with E-state index in [0.29, 0.717) is 50.5 Å². The third kappa shape index (κ3) is 4.24. The van der Waals surface area contributed by atoms with Crippen molar-refractivity contribution in [3.05, 3.63) is 47.8 Å². The minimum absolute atomic E-state index is 0.0962. The number of hydrogen-bond acceptors (Lipinski definition) is 6. The van der Waals surface area contributed by atoms with E-state index in [1.807, 2.05) is 17.0 Å². The maximum absolute atomic E-state index is 13.2. The molecular formula is C22H27N3O5S. The molecule has 31 heavy (non-hydrogen) atoms. The first-order chi connectivity index (χ1) is 14.9. The molecule has 8 nitrogen and oxygen atoms in total. The van der Waals surface area contributed by atoms with Crippen LogP contribution in [0.15, 0.2) is 41.6 Å². The Morgan fingerprint density at radius 2 is 1.74 bits per heavy atom. The summed E-state index contributed by atoms with van der Waals surface area (Å²) in [7, 11) is -0.355. The fourth-order valence-corrected chi connectivity index (χ4v) is 5.76. The van der Waals surface area contributed by atoms with E-state index in [2.05, 4.69) is 4.98 Å². The number of nitrogens with zero attached hydrogens (tertiary/aromatic N) is 3. The molecule has 4 rings (SSSR count). The second kappa shape index (κ2) is 8.84. The number of pyridine rings is 1. The zero-order valence-corrected chi connectivity index (χ0v) is 18.6. The number of fused-ring (bicyclic) bond motifs is 1. The molecule has 0 aliphatic carbocycles. The summed E-state index contributed by atoms with van der Waals surface area (Å²) >= 11 is 0. The maximum Gasteiger partial charge on any atom is 0.244 e. The van der Waals surface area contributed by atoms with E-state index in [1.54, 1.807) is 32.5 Å². The lowest BCUT2D eigenvalue weighted by atomic mass is 9.93.